The minimum atomic E-state index is -0.123. The van der Waals surface area contributed by atoms with Crippen LogP contribution in [0.2, 0.25) is 0 Å². The van der Waals surface area contributed by atoms with Gasteiger partial charge >= 0.3 is 0 Å². The fourth-order valence-electron chi connectivity index (χ4n) is 2.15. The van der Waals surface area contributed by atoms with E-state index in [2.05, 4.69) is 15.5 Å². The number of nitrogens with zero attached hydrogens (tertiary/aromatic N) is 2. The van der Waals surface area contributed by atoms with Crippen LogP contribution >= 0.6 is 0 Å². The molecule has 1 fully saturated rings. The lowest BCUT2D eigenvalue weighted by Gasteiger charge is -2.09. The van der Waals surface area contributed by atoms with Crippen molar-refractivity contribution in [3.8, 4) is 0 Å². The summed E-state index contributed by atoms with van der Waals surface area (Å²) in [5.74, 6) is 0.292. The Kier molecular flexibility index (Phi) is 3.16. The van der Waals surface area contributed by atoms with Gasteiger partial charge in [-0.25, -0.2) is 4.98 Å². The monoisotopic (exact) mass is 261 g/mol. The summed E-state index contributed by atoms with van der Waals surface area (Å²) in [5, 5.41) is 7.50. The first kappa shape index (κ1) is 12.1. The Balaban J connectivity index is 1.71. The van der Waals surface area contributed by atoms with E-state index in [9.17, 15) is 4.79 Å². The van der Waals surface area contributed by atoms with Crippen LogP contribution in [0, 0.1) is 12.8 Å². The van der Waals surface area contributed by atoms with E-state index in [1.165, 1.54) is 6.20 Å². The number of hydrogen-bond acceptors (Lipinski definition) is 5. The van der Waals surface area contributed by atoms with Gasteiger partial charge in [-0.05, 0) is 19.4 Å². The third-order valence-electron chi connectivity index (χ3n) is 3.35. The highest BCUT2D eigenvalue weighted by molar-refractivity contribution is 5.96. The molecule has 3 rings (SSSR count). The summed E-state index contributed by atoms with van der Waals surface area (Å²) in [5.41, 5.74) is 1.72. The van der Waals surface area contributed by atoms with Gasteiger partial charge in [0.25, 0.3) is 11.6 Å². The van der Waals surface area contributed by atoms with E-state index in [-0.39, 0.29) is 5.91 Å². The van der Waals surface area contributed by atoms with Crippen LogP contribution in [0.15, 0.2) is 16.8 Å². The smallest absolute Gasteiger partial charge is 0.257 e. The quantitative estimate of drug-likeness (QED) is 0.901. The maximum Gasteiger partial charge on any atom is 0.257 e. The lowest BCUT2D eigenvalue weighted by atomic mass is 10.1. The van der Waals surface area contributed by atoms with Crippen LogP contribution in [0.4, 0.5) is 0 Å². The molecule has 0 aromatic carbocycles. The van der Waals surface area contributed by atoms with E-state index in [0.29, 0.717) is 23.7 Å². The molecule has 0 spiro atoms. The van der Waals surface area contributed by atoms with Crippen LogP contribution in [-0.4, -0.2) is 35.8 Å². The number of hydrogen-bond donors (Lipinski definition) is 1. The van der Waals surface area contributed by atoms with Crippen molar-refractivity contribution in [1.29, 1.82) is 0 Å². The number of amides is 1. The Morgan fingerprint density at radius 3 is 3.26 bits per heavy atom. The maximum absolute atomic E-state index is 12.0. The summed E-state index contributed by atoms with van der Waals surface area (Å²) < 4.78 is 10.3. The van der Waals surface area contributed by atoms with Gasteiger partial charge in [-0.2, -0.15) is 0 Å². The van der Waals surface area contributed by atoms with Crippen LogP contribution < -0.4 is 5.32 Å². The molecule has 0 saturated carbocycles. The predicted octanol–water partition coefficient (Wildman–Crippen LogP) is 1.30. The number of carbonyl (C=O) groups is 1. The van der Waals surface area contributed by atoms with E-state index in [0.717, 1.165) is 30.7 Å². The Hall–Kier alpha value is -1.95. The zero-order chi connectivity index (χ0) is 13.2. The average molecular weight is 261 g/mol. The molecule has 1 N–H and O–H groups in total. The second kappa shape index (κ2) is 4.97. The number of aromatic nitrogens is 2. The molecule has 1 aliphatic rings. The molecule has 19 heavy (non-hydrogen) atoms. The molecule has 2 aromatic rings. The molecule has 0 unspecified atom stereocenters. The molecular formula is C13H15N3O3. The first-order valence-corrected chi connectivity index (χ1v) is 6.32. The van der Waals surface area contributed by atoms with E-state index in [1.807, 2.05) is 6.92 Å². The van der Waals surface area contributed by atoms with Crippen molar-refractivity contribution in [1.82, 2.24) is 15.5 Å². The van der Waals surface area contributed by atoms with Gasteiger partial charge in [-0.1, -0.05) is 5.16 Å². The standard InChI is InChI=1S/C13H15N3O3/c1-8-11-4-10(6-15-13(11)19-16-8)12(17)14-5-9-2-3-18-7-9/h4,6,9H,2-3,5,7H2,1H3,(H,14,17)/t9-/m0/s1. The van der Waals surface area contributed by atoms with Gasteiger partial charge in [-0.15, -0.1) is 0 Å². The van der Waals surface area contributed by atoms with Crippen LogP contribution in [-0.2, 0) is 4.74 Å². The molecule has 0 aliphatic carbocycles. The lowest BCUT2D eigenvalue weighted by Crippen LogP contribution is -2.29. The molecule has 6 heteroatoms. The highest BCUT2D eigenvalue weighted by atomic mass is 16.5. The summed E-state index contributed by atoms with van der Waals surface area (Å²) in [6, 6.07) is 1.76. The van der Waals surface area contributed by atoms with Gasteiger partial charge in [0.05, 0.1) is 23.3 Å². The zero-order valence-electron chi connectivity index (χ0n) is 10.7. The highest BCUT2D eigenvalue weighted by Gasteiger charge is 2.17. The van der Waals surface area contributed by atoms with Crippen molar-refractivity contribution in [3.05, 3.63) is 23.5 Å². The average Bonchev–Trinajstić information content (AvgIpc) is 3.06. The summed E-state index contributed by atoms with van der Waals surface area (Å²) in [7, 11) is 0. The summed E-state index contributed by atoms with van der Waals surface area (Å²) in [4.78, 5) is 16.1. The Bertz CT molecular complexity index is 602. The first-order valence-electron chi connectivity index (χ1n) is 6.32. The zero-order valence-corrected chi connectivity index (χ0v) is 10.7. The van der Waals surface area contributed by atoms with Gasteiger partial charge < -0.3 is 14.6 Å². The third kappa shape index (κ3) is 2.44. The molecular weight excluding hydrogens is 246 g/mol. The maximum atomic E-state index is 12.0. The Morgan fingerprint density at radius 2 is 2.47 bits per heavy atom. The third-order valence-corrected chi connectivity index (χ3v) is 3.35. The van der Waals surface area contributed by atoms with Crippen molar-refractivity contribution in [2.75, 3.05) is 19.8 Å². The minimum Gasteiger partial charge on any atom is -0.381 e. The molecule has 1 amide bonds. The molecule has 100 valence electrons. The van der Waals surface area contributed by atoms with Crippen LogP contribution in [0.1, 0.15) is 22.5 Å². The van der Waals surface area contributed by atoms with Crippen molar-refractivity contribution >= 4 is 17.0 Å². The normalized spacial score (nSPS) is 18.9. The fourth-order valence-corrected chi connectivity index (χ4v) is 2.15. The van der Waals surface area contributed by atoms with E-state index in [1.54, 1.807) is 6.07 Å². The predicted molar refractivity (Wildman–Crippen MR) is 67.8 cm³/mol. The van der Waals surface area contributed by atoms with E-state index in [4.69, 9.17) is 9.26 Å². The molecule has 1 saturated heterocycles. The van der Waals surface area contributed by atoms with E-state index < -0.39 is 0 Å². The molecule has 6 nitrogen and oxygen atoms in total. The second-order valence-electron chi connectivity index (χ2n) is 4.78. The minimum absolute atomic E-state index is 0.123. The topological polar surface area (TPSA) is 77.2 Å². The number of fused-ring (bicyclic) bond motifs is 1. The fraction of sp³-hybridized carbons (Fsp3) is 0.462. The van der Waals surface area contributed by atoms with Crippen LogP contribution in [0.25, 0.3) is 11.1 Å². The number of rotatable bonds is 3. The summed E-state index contributed by atoms with van der Waals surface area (Å²) >= 11 is 0. The molecule has 1 aliphatic heterocycles. The van der Waals surface area contributed by atoms with Gasteiger partial charge in [0, 0.05) is 25.3 Å². The lowest BCUT2D eigenvalue weighted by molar-refractivity contribution is 0.0945. The van der Waals surface area contributed by atoms with Crippen LogP contribution in [0.5, 0.6) is 0 Å². The van der Waals surface area contributed by atoms with Crippen molar-refractivity contribution < 1.29 is 14.1 Å². The van der Waals surface area contributed by atoms with Gasteiger partial charge in [0.2, 0.25) is 0 Å². The van der Waals surface area contributed by atoms with Gasteiger partial charge in [0.1, 0.15) is 0 Å². The SMILES string of the molecule is Cc1noc2ncc(C(=O)NC[C@@H]3CCOC3)cc12. The number of ether oxygens (including phenoxy) is 1. The number of carbonyl (C=O) groups excluding carboxylic acids is 1. The molecule has 0 radical (unpaired) electrons. The first-order chi connectivity index (χ1) is 9.24. The van der Waals surface area contributed by atoms with Crippen molar-refractivity contribution in [2.24, 2.45) is 5.92 Å². The summed E-state index contributed by atoms with van der Waals surface area (Å²) in [6.07, 6.45) is 2.51. The second-order valence-corrected chi connectivity index (χ2v) is 4.78. The molecule has 2 aromatic heterocycles. The Labute approximate surface area is 110 Å². The molecule has 3 heterocycles. The van der Waals surface area contributed by atoms with Gasteiger partial charge in [0.15, 0.2) is 0 Å². The number of aryl methyl sites for hydroxylation is 1. The Morgan fingerprint density at radius 1 is 1.58 bits per heavy atom. The number of pyridine rings is 1. The van der Waals surface area contributed by atoms with E-state index >= 15 is 0 Å². The van der Waals surface area contributed by atoms with Crippen LogP contribution in [0.3, 0.4) is 0 Å². The van der Waals surface area contributed by atoms with Crippen molar-refractivity contribution in [3.63, 3.8) is 0 Å². The van der Waals surface area contributed by atoms with Crippen molar-refractivity contribution in [2.45, 2.75) is 13.3 Å². The largest absolute Gasteiger partial charge is 0.381 e. The highest BCUT2D eigenvalue weighted by Crippen LogP contribution is 2.17. The molecule has 0 bridgehead atoms. The number of nitrogens with one attached hydrogen (secondary N) is 1. The molecule has 1 atom stereocenters. The summed E-state index contributed by atoms with van der Waals surface area (Å²) in [6.45, 7) is 3.97. The van der Waals surface area contributed by atoms with Gasteiger partial charge in [-0.3, -0.25) is 4.79 Å².